The number of anilines is 1. The minimum absolute atomic E-state index is 0. The molecule has 2 atom stereocenters. The van der Waals surface area contributed by atoms with E-state index in [1.165, 1.54) is 12.1 Å². The molecule has 1 amide bonds. The van der Waals surface area contributed by atoms with E-state index in [0.717, 1.165) is 37.4 Å². The fraction of sp³-hybridized carbons (Fsp3) is 0.381. The number of nitrogens with zero attached hydrogens (tertiary/aromatic N) is 2. The molecular formula is C21H29Cl2FN4O. The minimum atomic E-state index is -0.226. The quantitative estimate of drug-likeness (QED) is 0.721. The van der Waals surface area contributed by atoms with Crippen LogP contribution >= 0.6 is 24.8 Å². The molecule has 3 rings (SSSR count). The van der Waals surface area contributed by atoms with E-state index in [4.69, 9.17) is 5.73 Å². The van der Waals surface area contributed by atoms with Crippen LogP contribution in [0.2, 0.25) is 0 Å². The average Bonchev–Trinajstić information content (AvgIpc) is 2.72. The maximum absolute atomic E-state index is 13.1. The summed E-state index contributed by atoms with van der Waals surface area (Å²) < 4.78 is 13.1. The molecule has 29 heavy (non-hydrogen) atoms. The van der Waals surface area contributed by atoms with Crippen molar-refractivity contribution in [3.63, 3.8) is 0 Å². The summed E-state index contributed by atoms with van der Waals surface area (Å²) in [6.07, 6.45) is 0. The second kappa shape index (κ2) is 12.0. The van der Waals surface area contributed by atoms with E-state index >= 15 is 0 Å². The van der Waals surface area contributed by atoms with Crippen LogP contribution in [-0.2, 0) is 4.79 Å². The Kier molecular flexibility index (Phi) is 10.4. The Balaban J connectivity index is 0.00000210. The van der Waals surface area contributed by atoms with Crippen molar-refractivity contribution in [2.45, 2.75) is 19.0 Å². The zero-order valence-electron chi connectivity index (χ0n) is 16.5. The standard InChI is InChI=1S/C21H27FN4O.2ClH/c1-16(21(27)24-15-20(23)17-5-3-2-4-6-17)25-11-13-26(14-12-25)19-9-7-18(22)8-10-19;;/h2-10,16,20H,11-15,23H2,1H3,(H,24,27);2*1H. The first-order chi connectivity index (χ1) is 13.0. The lowest BCUT2D eigenvalue weighted by Crippen LogP contribution is -2.54. The summed E-state index contributed by atoms with van der Waals surface area (Å²) >= 11 is 0. The van der Waals surface area contributed by atoms with Crippen LogP contribution in [0, 0.1) is 5.82 Å². The van der Waals surface area contributed by atoms with Crippen molar-refractivity contribution < 1.29 is 9.18 Å². The smallest absolute Gasteiger partial charge is 0.237 e. The van der Waals surface area contributed by atoms with Gasteiger partial charge in [-0.1, -0.05) is 30.3 Å². The molecule has 2 unspecified atom stereocenters. The highest BCUT2D eigenvalue weighted by atomic mass is 35.5. The van der Waals surface area contributed by atoms with E-state index < -0.39 is 0 Å². The molecule has 3 N–H and O–H groups in total. The largest absolute Gasteiger partial charge is 0.369 e. The molecule has 0 aromatic heterocycles. The SMILES string of the molecule is CC(C(=O)NCC(N)c1ccccc1)N1CCN(c2ccc(F)cc2)CC1.Cl.Cl. The average molecular weight is 443 g/mol. The summed E-state index contributed by atoms with van der Waals surface area (Å²) in [5.41, 5.74) is 8.18. The zero-order chi connectivity index (χ0) is 19.2. The van der Waals surface area contributed by atoms with Crippen LogP contribution in [-0.4, -0.2) is 49.6 Å². The molecule has 0 aliphatic carbocycles. The predicted octanol–water partition coefficient (Wildman–Crippen LogP) is 3.00. The van der Waals surface area contributed by atoms with Crippen molar-refractivity contribution in [2.75, 3.05) is 37.6 Å². The topological polar surface area (TPSA) is 61.6 Å². The van der Waals surface area contributed by atoms with Crippen molar-refractivity contribution in [1.29, 1.82) is 0 Å². The molecule has 2 aromatic carbocycles. The normalized spacial score (nSPS) is 16.2. The molecule has 0 saturated carbocycles. The number of rotatable bonds is 6. The van der Waals surface area contributed by atoms with Crippen LogP contribution in [0.3, 0.4) is 0 Å². The molecule has 0 radical (unpaired) electrons. The van der Waals surface area contributed by atoms with Gasteiger partial charge in [0.1, 0.15) is 5.82 Å². The van der Waals surface area contributed by atoms with Gasteiger partial charge in [0.2, 0.25) is 5.91 Å². The Morgan fingerprint density at radius 1 is 1.03 bits per heavy atom. The first-order valence-electron chi connectivity index (χ1n) is 9.37. The van der Waals surface area contributed by atoms with Crippen molar-refractivity contribution in [3.05, 3.63) is 66.0 Å². The van der Waals surface area contributed by atoms with E-state index in [1.807, 2.05) is 37.3 Å². The van der Waals surface area contributed by atoms with Crippen molar-refractivity contribution >= 4 is 36.4 Å². The maximum Gasteiger partial charge on any atom is 0.237 e. The first-order valence-corrected chi connectivity index (χ1v) is 9.37. The van der Waals surface area contributed by atoms with Crippen LogP contribution in [0.4, 0.5) is 10.1 Å². The fourth-order valence-corrected chi connectivity index (χ4v) is 3.36. The first kappa shape index (κ1) is 25.2. The van der Waals surface area contributed by atoms with Gasteiger partial charge in [-0.2, -0.15) is 0 Å². The van der Waals surface area contributed by atoms with Gasteiger partial charge < -0.3 is 16.0 Å². The summed E-state index contributed by atoms with van der Waals surface area (Å²) in [5, 5.41) is 2.97. The number of carbonyl (C=O) groups is 1. The lowest BCUT2D eigenvalue weighted by atomic mass is 10.1. The summed E-state index contributed by atoms with van der Waals surface area (Å²) in [7, 11) is 0. The highest BCUT2D eigenvalue weighted by Crippen LogP contribution is 2.18. The third-order valence-corrected chi connectivity index (χ3v) is 5.16. The molecule has 160 valence electrons. The van der Waals surface area contributed by atoms with Crippen LogP contribution in [0.25, 0.3) is 0 Å². The van der Waals surface area contributed by atoms with Crippen LogP contribution in [0.1, 0.15) is 18.5 Å². The third kappa shape index (κ3) is 6.85. The number of hydrogen-bond acceptors (Lipinski definition) is 4. The number of amides is 1. The van der Waals surface area contributed by atoms with Crippen LogP contribution in [0.15, 0.2) is 54.6 Å². The molecular weight excluding hydrogens is 414 g/mol. The number of piperazine rings is 1. The Bertz CT molecular complexity index is 740. The summed E-state index contributed by atoms with van der Waals surface area (Å²) in [6.45, 7) is 5.55. The second-order valence-corrected chi connectivity index (χ2v) is 6.94. The number of carbonyl (C=O) groups excluding carboxylic acids is 1. The molecule has 1 saturated heterocycles. The molecule has 1 aliphatic heterocycles. The molecule has 8 heteroatoms. The number of nitrogens with two attached hydrogens (primary N) is 1. The lowest BCUT2D eigenvalue weighted by molar-refractivity contribution is -0.126. The van der Waals surface area contributed by atoms with Crippen molar-refractivity contribution in [2.24, 2.45) is 5.73 Å². The Morgan fingerprint density at radius 3 is 2.21 bits per heavy atom. The van der Waals surface area contributed by atoms with Crippen LogP contribution < -0.4 is 16.0 Å². The number of benzene rings is 2. The lowest BCUT2D eigenvalue weighted by Gasteiger charge is -2.38. The number of nitrogens with one attached hydrogen (secondary N) is 1. The van der Waals surface area contributed by atoms with Gasteiger partial charge in [-0.05, 0) is 36.8 Å². The van der Waals surface area contributed by atoms with E-state index in [9.17, 15) is 9.18 Å². The second-order valence-electron chi connectivity index (χ2n) is 6.94. The van der Waals surface area contributed by atoms with E-state index in [-0.39, 0.29) is 48.6 Å². The van der Waals surface area contributed by atoms with Gasteiger partial charge in [0.05, 0.1) is 6.04 Å². The highest BCUT2D eigenvalue weighted by Gasteiger charge is 2.25. The summed E-state index contributed by atoms with van der Waals surface area (Å²) in [6, 6.07) is 15.9. The monoisotopic (exact) mass is 442 g/mol. The van der Waals surface area contributed by atoms with Gasteiger partial charge in [-0.3, -0.25) is 9.69 Å². The van der Waals surface area contributed by atoms with Crippen molar-refractivity contribution in [1.82, 2.24) is 10.2 Å². The van der Waals surface area contributed by atoms with Gasteiger partial charge in [0, 0.05) is 44.5 Å². The molecule has 1 heterocycles. The summed E-state index contributed by atoms with van der Waals surface area (Å²) in [4.78, 5) is 16.9. The third-order valence-electron chi connectivity index (χ3n) is 5.16. The van der Waals surface area contributed by atoms with Gasteiger partial charge >= 0.3 is 0 Å². The predicted molar refractivity (Wildman–Crippen MR) is 121 cm³/mol. The molecule has 1 aliphatic rings. The highest BCUT2D eigenvalue weighted by molar-refractivity contribution is 5.85. The number of halogens is 3. The Morgan fingerprint density at radius 2 is 1.62 bits per heavy atom. The zero-order valence-corrected chi connectivity index (χ0v) is 18.1. The van der Waals surface area contributed by atoms with E-state index in [2.05, 4.69) is 15.1 Å². The minimum Gasteiger partial charge on any atom is -0.369 e. The Labute approximate surface area is 184 Å². The Hall–Kier alpha value is -1.86. The van der Waals surface area contributed by atoms with Crippen molar-refractivity contribution in [3.8, 4) is 0 Å². The van der Waals surface area contributed by atoms with E-state index in [1.54, 1.807) is 12.1 Å². The van der Waals surface area contributed by atoms with E-state index in [0.29, 0.717) is 6.54 Å². The van der Waals surface area contributed by atoms with Crippen LogP contribution in [0.5, 0.6) is 0 Å². The molecule has 1 fully saturated rings. The number of hydrogen-bond donors (Lipinski definition) is 2. The molecule has 5 nitrogen and oxygen atoms in total. The fourth-order valence-electron chi connectivity index (χ4n) is 3.36. The van der Waals surface area contributed by atoms with Gasteiger partial charge in [0.25, 0.3) is 0 Å². The molecule has 0 bridgehead atoms. The molecule has 2 aromatic rings. The molecule has 0 spiro atoms. The van der Waals surface area contributed by atoms with Gasteiger partial charge in [-0.15, -0.1) is 24.8 Å². The van der Waals surface area contributed by atoms with Gasteiger partial charge in [-0.25, -0.2) is 4.39 Å². The van der Waals surface area contributed by atoms with Gasteiger partial charge in [0.15, 0.2) is 0 Å². The summed E-state index contributed by atoms with van der Waals surface area (Å²) in [5.74, 6) is -0.229. The maximum atomic E-state index is 13.1.